The highest BCUT2D eigenvalue weighted by atomic mass is 35.5. The van der Waals surface area contributed by atoms with E-state index in [2.05, 4.69) is 0 Å². The molecular weight excluding hydrogens is 438 g/mol. The smallest absolute Gasteiger partial charge is 0.323 e. The zero-order valence-corrected chi connectivity index (χ0v) is 18.5. The summed E-state index contributed by atoms with van der Waals surface area (Å²) in [7, 11) is -4.02. The van der Waals surface area contributed by atoms with Crippen LogP contribution in [-0.2, 0) is 32.7 Å². The van der Waals surface area contributed by atoms with Crippen molar-refractivity contribution >= 4 is 27.7 Å². The number of nitrogens with two attached hydrogens (primary N) is 1. The summed E-state index contributed by atoms with van der Waals surface area (Å²) in [5.74, 6) is -0.399. The molecule has 3 aromatic carbocycles. The van der Waals surface area contributed by atoms with Crippen molar-refractivity contribution in [3.63, 3.8) is 0 Å². The van der Waals surface area contributed by atoms with Gasteiger partial charge in [-0.15, -0.1) is 0 Å². The molecule has 3 aromatic rings. The first kappa shape index (κ1) is 24.6. The molecule has 0 saturated heterocycles. The Hall–Kier alpha value is -2.71. The van der Waals surface area contributed by atoms with Gasteiger partial charge in [-0.25, -0.2) is 0 Å². The molecule has 0 unspecified atom stereocenters. The van der Waals surface area contributed by atoms with Gasteiger partial charge in [0.25, 0.3) is 10.1 Å². The average Bonchev–Trinajstić information content (AvgIpc) is 2.74. The molecule has 31 heavy (non-hydrogen) atoms. The van der Waals surface area contributed by atoms with Crippen molar-refractivity contribution in [2.75, 3.05) is 0 Å². The molecule has 164 valence electrons. The number of benzene rings is 3. The van der Waals surface area contributed by atoms with Crippen molar-refractivity contribution in [1.82, 2.24) is 0 Å². The molecule has 6 nitrogen and oxygen atoms in total. The molecule has 8 heteroatoms. The van der Waals surface area contributed by atoms with Crippen LogP contribution in [0.3, 0.4) is 0 Å². The van der Waals surface area contributed by atoms with Crippen LogP contribution in [0.25, 0.3) is 0 Å². The zero-order chi connectivity index (χ0) is 22.9. The first-order chi connectivity index (χ1) is 14.6. The lowest BCUT2D eigenvalue weighted by Crippen LogP contribution is -2.34. The molecule has 0 spiro atoms. The summed E-state index contributed by atoms with van der Waals surface area (Å²) < 4.78 is 34.7. The number of aryl methyl sites for hydroxylation is 1. The standard InChI is InChI=1S/C16H16ClNO2.C7H8O3S/c17-14-8-6-12(7-9-14)10-15(18)16(19)20-11-13-4-2-1-3-5-13;1-6-2-4-7(5-3-6)11(8,9)10/h1-9,15H,10-11,18H2;2-5H,1H3,(H,8,9,10)/t15-;/m0./s1. The second-order valence-electron chi connectivity index (χ2n) is 6.82. The molecule has 0 aliphatic heterocycles. The van der Waals surface area contributed by atoms with Gasteiger partial charge in [0.1, 0.15) is 12.6 Å². The van der Waals surface area contributed by atoms with E-state index in [1.54, 1.807) is 24.3 Å². The minimum atomic E-state index is -4.02. The van der Waals surface area contributed by atoms with E-state index < -0.39 is 22.1 Å². The molecule has 0 aliphatic rings. The molecular formula is C23H24ClNO5S. The Morgan fingerprint density at radius 1 is 0.968 bits per heavy atom. The van der Waals surface area contributed by atoms with E-state index in [1.807, 2.05) is 49.4 Å². The number of hydrogen-bond acceptors (Lipinski definition) is 5. The summed E-state index contributed by atoms with van der Waals surface area (Å²) in [5.41, 5.74) is 8.70. The molecule has 0 aliphatic carbocycles. The van der Waals surface area contributed by atoms with E-state index in [-0.39, 0.29) is 11.5 Å². The van der Waals surface area contributed by atoms with Crippen molar-refractivity contribution < 1.29 is 22.5 Å². The molecule has 0 aromatic heterocycles. The van der Waals surface area contributed by atoms with Crippen molar-refractivity contribution in [2.24, 2.45) is 5.73 Å². The highest BCUT2D eigenvalue weighted by molar-refractivity contribution is 7.85. The molecule has 3 rings (SSSR count). The number of carbonyl (C=O) groups excluding carboxylic acids is 1. The summed E-state index contributed by atoms with van der Waals surface area (Å²) in [5, 5.41) is 0.661. The number of ether oxygens (including phenoxy) is 1. The van der Waals surface area contributed by atoms with E-state index in [0.29, 0.717) is 11.4 Å². The summed E-state index contributed by atoms with van der Waals surface area (Å²) in [4.78, 5) is 11.7. The number of rotatable bonds is 6. The predicted octanol–water partition coefficient (Wildman–Crippen LogP) is 4.19. The SMILES string of the molecule is Cc1ccc(S(=O)(=O)O)cc1.N[C@@H](Cc1ccc(Cl)cc1)C(=O)OCc1ccccc1. The Labute approximate surface area is 187 Å². The Balaban J connectivity index is 0.000000262. The third-order valence-electron chi connectivity index (χ3n) is 4.21. The van der Waals surface area contributed by atoms with Crippen molar-refractivity contribution in [3.05, 3.63) is 101 Å². The molecule has 0 saturated carbocycles. The fraction of sp³-hybridized carbons (Fsp3) is 0.174. The number of carbonyl (C=O) groups is 1. The van der Waals surface area contributed by atoms with Crippen LogP contribution in [0, 0.1) is 6.92 Å². The fourth-order valence-corrected chi connectivity index (χ4v) is 3.11. The minimum absolute atomic E-state index is 0.0666. The molecule has 0 heterocycles. The third-order valence-corrected chi connectivity index (χ3v) is 5.33. The van der Waals surface area contributed by atoms with Gasteiger partial charge in [0, 0.05) is 5.02 Å². The van der Waals surface area contributed by atoms with Gasteiger partial charge in [0.2, 0.25) is 0 Å². The number of hydrogen-bond donors (Lipinski definition) is 2. The largest absolute Gasteiger partial charge is 0.460 e. The molecule has 0 amide bonds. The molecule has 0 bridgehead atoms. The van der Waals surface area contributed by atoms with E-state index >= 15 is 0 Å². The lowest BCUT2D eigenvalue weighted by molar-refractivity contribution is -0.146. The van der Waals surface area contributed by atoms with Gasteiger partial charge in [-0.2, -0.15) is 8.42 Å². The molecule has 0 fully saturated rings. The van der Waals surface area contributed by atoms with Gasteiger partial charge >= 0.3 is 5.97 Å². The van der Waals surface area contributed by atoms with Crippen LogP contribution in [-0.4, -0.2) is 25.0 Å². The van der Waals surface area contributed by atoms with E-state index in [0.717, 1.165) is 16.7 Å². The van der Waals surface area contributed by atoms with Gasteiger partial charge < -0.3 is 10.5 Å². The van der Waals surface area contributed by atoms with Crippen LogP contribution in [0.5, 0.6) is 0 Å². The predicted molar refractivity (Wildman–Crippen MR) is 120 cm³/mol. The van der Waals surface area contributed by atoms with Gasteiger partial charge in [-0.3, -0.25) is 9.35 Å². The minimum Gasteiger partial charge on any atom is -0.460 e. The first-order valence-electron chi connectivity index (χ1n) is 9.40. The van der Waals surface area contributed by atoms with E-state index in [1.165, 1.54) is 12.1 Å². The Kier molecular flexibility index (Phi) is 9.21. The number of halogens is 1. The van der Waals surface area contributed by atoms with Crippen LogP contribution in [0.2, 0.25) is 5.02 Å². The lowest BCUT2D eigenvalue weighted by atomic mass is 10.1. The van der Waals surface area contributed by atoms with Crippen molar-refractivity contribution in [1.29, 1.82) is 0 Å². The van der Waals surface area contributed by atoms with Crippen LogP contribution >= 0.6 is 11.6 Å². The summed E-state index contributed by atoms with van der Waals surface area (Å²) >= 11 is 5.81. The van der Waals surface area contributed by atoms with Crippen LogP contribution in [0.1, 0.15) is 16.7 Å². The van der Waals surface area contributed by atoms with Crippen molar-refractivity contribution in [3.8, 4) is 0 Å². The molecule has 0 radical (unpaired) electrons. The second-order valence-corrected chi connectivity index (χ2v) is 8.68. The first-order valence-corrected chi connectivity index (χ1v) is 11.2. The van der Waals surface area contributed by atoms with E-state index in [9.17, 15) is 13.2 Å². The quantitative estimate of drug-likeness (QED) is 0.421. The van der Waals surface area contributed by atoms with Crippen LogP contribution < -0.4 is 5.73 Å². The van der Waals surface area contributed by atoms with Gasteiger partial charge in [-0.1, -0.05) is 71.8 Å². The van der Waals surface area contributed by atoms with Gasteiger partial charge in [0.05, 0.1) is 4.90 Å². The van der Waals surface area contributed by atoms with Crippen molar-refractivity contribution in [2.45, 2.75) is 30.9 Å². The van der Waals surface area contributed by atoms with Gasteiger partial charge in [-0.05, 0) is 48.7 Å². The molecule has 3 N–H and O–H groups in total. The monoisotopic (exact) mass is 461 g/mol. The maximum atomic E-state index is 11.8. The summed E-state index contributed by atoms with van der Waals surface area (Å²) in [6.45, 7) is 2.09. The molecule has 1 atom stereocenters. The van der Waals surface area contributed by atoms with E-state index in [4.69, 9.17) is 26.6 Å². The zero-order valence-electron chi connectivity index (χ0n) is 16.9. The fourth-order valence-electron chi connectivity index (χ4n) is 2.50. The second kappa shape index (κ2) is 11.6. The highest BCUT2D eigenvalue weighted by Gasteiger charge is 2.15. The summed E-state index contributed by atoms with van der Waals surface area (Å²) in [6, 6.07) is 22.1. The highest BCUT2D eigenvalue weighted by Crippen LogP contribution is 2.11. The maximum absolute atomic E-state index is 11.8. The Morgan fingerprint density at radius 2 is 1.55 bits per heavy atom. The Bertz CT molecular complexity index is 1070. The number of esters is 1. The average molecular weight is 462 g/mol. The lowest BCUT2D eigenvalue weighted by Gasteiger charge is -2.11. The maximum Gasteiger partial charge on any atom is 0.323 e. The topological polar surface area (TPSA) is 107 Å². The third kappa shape index (κ3) is 8.90. The van der Waals surface area contributed by atoms with Crippen LogP contribution in [0.4, 0.5) is 0 Å². The summed E-state index contributed by atoms with van der Waals surface area (Å²) in [6.07, 6.45) is 0.435. The Morgan fingerprint density at radius 3 is 2.10 bits per heavy atom. The van der Waals surface area contributed by atoms with Crippen LogP contribution in [0.15, 0.2) is 83.8 Å². The van der Waals surface area contributed by atoms with Gasteiger partial charge in [0.15, 0.2) is 0 Å². The normalized spacial score (nSPS) is 11.7.